The first-order valence-electron chi connectivity index (χ1n) is 9.93. The van der Waals surface area contributed by atoms with Gasteiger partial charge >= 0.3 is 5.97 Å². The van der Waals surface area contributed by atoms with Gasteiger partial charge < -0.3 is 4.74 Å². The highest BCUT2D eigenvalue weighted by atomic mass is 35.5. The first kappa shape index (κ1) is 24.5. The summed E-state index contributed by atoms with van der Waals surface area (Å²) in [5, 5.41) is 11.7. The van der Waals surface area contributed by atoms with Crippen LogP contribution in [0.3, 0.4) is 0 Å². The summed E-state index contributed by atoms with van der Waals surface area (Å²) in [6.07, 6.45) is 2.03. The van der Waals surface area contributed by atoms with Crippen LogP contribution >= 0.6 is 46.3 Å². The number of ether oxygens (including phenoxy) is 1. The normalized spacial score (nSPS) is 11.7. The van der Waals surface area contributed by atoms with E-state index in [-0.39, 0.29) is 11.9 Å². The molecular formula is C22H21Cl2N3O3S2. The van der Waals surface area contributed by atoms with Gasteiger partial charge in [-0.25, -0.2) is 0 Å². The molecule has 0 aliphatic carbocycles. The maximum absolute atomic E-state index is 12.8. The summed E-state index contributed by atoms with van der Waals surface area (Å²) in [6, 6.07) is 14.0. The van der Waals surface area contributed by atoms with E-state index in [1.165, 1.54) is 23.1 Å². The molecule has 2 aromatic carbocycles. The van der Waals surface area contributed by atoms with Crippen LogP contribution in [0, 0.1) is 0 Å². The van der Waals surface area contributed by atoms with Crippen LogP contribution in [-0.2, 0) is 16.0 Å². The highest BCUT2D eigenvalue weighted by Crippen LogP contribution is 2.33. The largest absolute Gasteiger partial charge is 0.465 e. The Labute approximate surface area is 204 Å². The number of hydrogen-bond donors (Lipinski definition) is 1. The first-order chi connectivity index (χ1) is 15.5. The standard InChI is InChI=1S/C22H21Cl2N3O3S2/c1-2-3-11-30-20(29)18(13-15-12-16(23)9-10-17(15)24)31-22-27-26-21(32-22)25-19(28)14-7-5-4-6-8-14/h4-10,12,18H,2-3,11,13H2,1H3,(H,25,26,28). The highest BCUT2D eigenvalue weighted by Gasteiger charge is 2.25. The predicted molar refractivity (Wildman–Crippen MR) is 130 cm³/mol. The van der Waals surface area contributed by atoms with E-state index >= 15 is 0 Å². The summed E-state index contributed by atoms with van der Waals surface area (Å²) in [4.78, 5) is 25.1. The second-order valence-corrected chi connectivity index (χ2v) is 10.0. The molecule has 0 saturated heterocycles. The van der Waals surface area contributed by atoms with Gasteiger partial charge in [-0.05, 0) is 48.7 Å². The van der Waals surface area contributed by atoms with E-state index in [0.717, 1.165) is 18.4 Å². The van der Waals surface area contributed by atoms with Crippen LogP contribution in [0.5, 0.6) is 0 Å². The molecule has 0 fully saturated rings. The van der Waals surface area contributed by atoms with Crippen molar-refractivity contribution in [1.29, 1.82) is 0 Å². The second kappa shape index (κ2) is 12.2. The summed E-state index contributed by atoms with van der Waals surface area (Å²) in [7, 11) is 0. The average molecular weight is 510 g/mol. The molecule has 3 aromatic rings. The van der Waals surface area contributed by atoms with E-state index in [2.05, 4.69) is 15.5 Å². The summed E-state index contributed by atoms with van der Waals surface area (Å²) in [5.41, 5.74) is 1.26. The molecular weight excluding hydrogens is 489 g/mol. The third kappa shape index (κ3) is 7.20. The zero-order chi connectivity index (χ0) is 22.9. The minimum atomic E-state index is -0.589. The number of nitrogens with zero attached hydrogens (tertiary/aromatic N) is 2. The molecule has 6 nitrogen and oxygen atoms in total. The number of halogens is 2. The first-order valence-corrected chi connectivity index (χ1v) is 12.4. The van der Waals surface area contributed by atoms with E-state index in [9.17, 15) is 9.59 Å². The van der Waals surface area contributed by atoms with Crippen molar-refractivity contribution in [2.75, 3.05) is 11.9 Å². The quantitative estimate of drug-likeness (QED) is 0.153. The number of aromatic nitrogens is 2. The van der Waals surface area contributed by atoms with E-state index in [1.54, 1.807) is 42.5 Å². The Morgan fingerprint density at radius 2 is 1.94 bits per heavy atom. The van der Waals surface area contributed by atoms with Gasteiger partial charge in [-0.2, -0.15) is 0 Å². The fraction of sp³-hybridized carbons (Fsp3) is 0.273. The Kier molecular flexibility index (Phi) is 9.35. The molecule has 0 aliphatic rings. The monoisotopic (exact) mass is 509 g/mol. The summed E-state index contributed by atoms with van der Waals surface area (Å²) < 4.78 is 5.97. The Balaban J connectivity index is 1.72. The molecule has 1 heterocycles. The molecule has 1 aromatic heterocycles. The lowest BCUT2D eigenvalue weighted by atomic mass is 10.1. The van der Waals surface area contributed by atoms with Crippen molar-refractivity contribution in [3.05, 3.63) is 69.7 Å². The van der Waals surface area contributed by atoms with Gasteiger partial charge in [0.1, 0.15) is 5.25 Å². The smallest absolute Gasteiger partial charge is 0.319 e. The van der Waals surface area contributed by atoms with E-state index in [0.29, 0.717) is 38.1 Å². The van der Waals surface area contributed by atoms with Gasteiger partial charge in [0.15, 0.2) is 4.34 Å². The minimum absolute atomic E-state index is 0.278. The number of benzene rings is 2. The maximum Gasteiger partial charge on any atom is 0.319 e. The number of rotatable bonds is 10. The van der Waals surface area contributed by atoms with Gasteiger partial charge in [0, 0.05) is 15.6 Å². The van der Waals surface area contributed by atoms with Crippen LogP contribution in [-0.4, -0.2) is 33.9 Å². The van der Waals surface area contributed by atoms with Crippen molar-refractivity contribution in [2.24, 2.45) is 0 Å². The lowest BCUT2D eigenvalue weighted by Gasteiger charge is -2.15. The third-order valence-corrected chi connectivity index (χ3v) is 7.03. The number of thioether (sulfide) groups is 1. The number of amides is 1. The van der Waals surface area contributed by atoms with Crippen LogP contribution in [0.25, 0.3) is 0 Å². The fourth-order valence-corrected chi connectivity index (χ4v) is 5.07. The molecule has 3 rings (SSSR count). The molecule has 0 saturated carbocycles. The van der Waals surface area contributed by atoms with Crippen LogP contribution in [0.15, 0.2) is 52.9 Å². The SMILES string of the molecule is CCCCOC(=O)C(Cc1cc(Cl)ccc1Cl)Sc1nnc(NC(=O)c2ccccc2)s1. The van der Waals surface area contributed by atoms with Gasteiger partial charge in [0.2, 0.25) is 5.13 Å². The molecule has 32 heavy (non-hydrogen) atoms. The minimum Gasteiger partial charge on any atom is -0.465 e. The highest BCUT2D eigenvalue weighted by molar-refractivity contribution is 8.02. The number of carbonyl (C=O) groups excluding carboxylic acids is 2. The Morgan fingerprint density at radius 1 is 1.16 bits per heavy atom. The van der Waals surface area contributed by atoms with Gasteiger partial charge in [0.05, 0.1) is 6.61 Å². The lowest BCUT2D eigenvalue weighted by Crippen LogP contribution is -2.23. The second-order valence-electron chi connectivity index (χ2n) is 6.76. The van der Waals surface area contributed by atoms with Crippen molar-refractivity contribution >= 4 is 63.3 Å². The third-order valence-electron chi connectivity index (χ3n) is 4.32. The average Bonchev–Trinajstić information content (AvgIpc) is 3.23. The fourth-order valence-electron chi connectivity index (χ4n) is 2.67. The zero-order valence-corrected chi connectivity index (χ0v) is 20.4. The van der Waals surface area contributed by atoms with E-state index in [1.807, 2.05) is 13.0 Å². The topological polar surface area (TPSA) is 81.2 Å². The van der Waals surface area contributed by atoms with Crippen LogP contribution in [0.2, 0.25) is 10.0 Å². The van der Waals surface area contributed by atoms with Crippen molar-refractivity contribution in [1.82, 2.24) is 10.2 Å². The van der Waals surface area contributed by atoms with Crippen molar-refractivity contribution in [3.63, 3.8) is 0 Å². The lowest BCUT2D eigenvalue weighted by molar-refractivity contribution is -0.143. The number of unbranched alkanes of at least 4 members (excludes halogenated alkanes) is 1. The number of nitrogens with one attached hydrogen (secondary N) is 1. The predicted octanol–water partition coefficient (Wildman–Crippen LogP) is 6.14. The maximum atomic E-state index is 12.8. The summed E-state index contributed by atoms with van der Waals surface area (Å²) >= 11 is 14.8. The van der Waals surface area contributed by atoms with Crippen molar-refractivity contribution < 1.29 is 14.3 Å². The van der Waals surface area contributed by atoms with Crippen molar-refractivity contribution in [2.45, 2.75) is 35.8 Å². The Morgan fingerprint density at radius 3 is 2.69 bits per heavy atom. The van der Waals surface area contributed by atoms with E-state index in [4.69, 9.17) is 27.9 Å². The van der Waals surface area contributed by atoms with Gasteiger partial charge in [-0.1, -0.05) is 77.8 Å². The molecule has 1 N–H and O–H groups in total. The number of esters is 1. The van der Waals surface area contributed by atoms with Crippen LogP contribution in [0.4, 0.5) is 5.13 Å². The molecule has 0 bridgehead atoms. The number of carbonyl (C=O) groups is 2. The molecule has 0 spiro atoms. The van der Waals surface area contributed by atoms with Gasteiger partial charge in [-0.15, -0.1) is 10.2 Å². The molecule has 0 radical (unpaired) electrons. The number of anilines is 1. The van der Waals surface area contributed by atoms with Gasteiger partial charge in [-0.3, -0.25) is 14.9 Å². The van der Waals surface area contributed by atoms with Crippen LogP contribution in [0.1, 0.15) is 35.7 Å². The molecule has 1 amide bonds. The van der Waals surface area contributed by atoms with Crippen molar-refractivity contribution in [3.8, 4) is 0 Å². The molecule has 0 aliphatic heterocycles. The molecule has 1 atom stereocenters. The van der Waals surface area contributed by atoms with E-state index < -0.39 is 5.25 Å². The van der Waals surface area contributed by atoms with Gasteiger partial charge in [0.25, 0.3) is 5.91 Å². The Bertz CT molecular complexity index is 1060. The number of hydrogen-bond acceptors (Lipinski definition) is 7. The molecule has 10 heteroatoms. The summed E-state index contributed by atoms with van der Waals surface area (Å²) in [5.74, 6) is -0.635. The Hall–Kier alpha value is -2.13. The summed E-state index contributed by atoms with van der Waals surface area (Å²) in [6.45, 7) is 2.38. The molecule has 1 unspecified atom stereocenters. The van der Waals surface area contributed by atoms with Crippen LogP contribution < -0.4 is 5.32 Å². The zero-order valence-electron chi connectivity index (χ0n) is 17.2. The molecule has 168 valence electrons.